The summed E-state index contributed by atoms with van der Waals surface area (Å²) < 4.78 is 47.0. The van der Waals surface area contributed by atoms with Gasteiger partial charge in [-0.05, 0) is 54.7 Å². The van der Waals surface area contributed by atoms with E-state index in [-0.39, 0.29) is 23.7 Å². The van der Waals surface area contributed by atoms with Gasteiger partial charge in [-0.1, -0.05) is 42.5 Å². The molecular weight excluding hydrogens is 337 g/mol. The van der Waals surface area contributed by atoms with Crippen molar-refractivity contribution in [2.45, 2.75) is 19.8 Å². The van der Waals surface area contributed by atoms with Gasteiger partial charge in [0.1, 0.15) is 5.82 Å². The maximum atomic E-state index is 14.3. The molecule has 26 heavy (non-hydrogen) atoms. The molecule has 0 fully saturated rings. The van der Waals surface area contributed by atoms with E-state index in [9.17, 15) is 13.2 Å². The summed E-state index contributed by atoms with van der Waals surface area (Å²) in [6.07, 6.45) is 1.25. The van der Waals surface area contributed by atoms with Gasteiger partial charge in [-0.15, -0.1) is 0 Å². The van der Waals surface area contributed by atoms with Crippen LogP contribution >= 0.6 is 0 Å². The predicted octanol–water partition coefficient (Wildman–Crippen LogP) is 5.95. The van der Waals surface area contributed by atoms with Crippen LogP contribution in [0.25, 0.3) is 11.1 Å². The van der Waals surface area contributed by atoms with E-state index in [0.29, 0.717) is 24.0 Å². The van der Waals surface area contributed by atoms with E-state index in [1.165, 1.54) is 18.2 Å². The number of ether oxygens (including phenoxy) is 1. The summed E-state index contributed by atoms with van der Waals surface area (Å²) in [7, 11) is 0. The first-order chi connectivity index (χ1) is 12.6. The molecule has 0 aromatic heterocycles. The maximum Gasteiger partial charge on any atom is 0.201 e. The van der Waals surface area contributed by atoms with Crippen LogP contribution in [0.3, 0.4) is 0 Å². The van der Waals surface area contributed by atoms with Gasteiger partial charge in [-0.2, -0.15) is 4.39 Å². The molecule has 3 aromatic carbocycles. The molecule has 0 saturated carbocycles. The number of aryl methyl sites for hydroxylation is 2. The highest BCUT2D eigenvalue weighted by Gasteiger charge is 2.15. The van der Waals surface area contributed by atoms with Crippen LogP contribution in [0.5, 0.6) is 5.75 Å². The van der Waals surface area contributed by atoms with Crippen LogP contribution < -0.4 is 4.74 Å². The van der Waals surface area contributed by atoms with Gasteiger partial charge in [0.15, 0.2) is 11.6 Å². The molecule has 3 aromatic rings. The Morgan fingerprint density at radius 1 is 0.769 bits per heavy atom. The zero-order chi connectivity index (χ0) is 18.5. The number of hydrogen-bond donors (Lipinski definition) is 0. The van der Waals surface area contributed by atoms with Crippen molar-refractivity contribution in [1.82, 2.24) is 0 Å². The lowest BCUT2D eigenvalue weighted by atomic mass is 9.99. The van der Waals surface area contributed by atoms with Gasteiger partial charge in [0.2, 0.25) is 5.82 Å². The van der Waals surface area contributed by atoms with Crippen molar-refractivity contribution >= 4 is 0 Å². The molecule has 3 rings (SSSR count). The quantitative estimate of drug-likeness (QED) is 0.530. The first-order valence-electron chi connectivity index (χ1n) is 8.53. The van der Waals surface area contributed by atoms with Crippen molar-refractivity contribution in [2.75, 3.05) is 6.61 Å². The molecule has 0 aliphatic carbocycles. The Hall–Kier alpha value is -2.75. The van der Waals surface area contributed by atoms with Gasteiger partial charge in [-0.3, -0.25) is 0 Å². The highest BCUT2D eigenvalue weighted by atomic mass is 19.2. The van der Waals surface area contributed by atoms with Gasteiger partial charge in [0, 0.05) is 5.56 Å². The Bertz CT molecular complexity index is 888. The van der Waals surface area contributed by atoms with E-state index < -0.39 is 11.6 Å². The molecule has 1 nitrogen and oxygen atoms in total. The van der Waals surface area contributed by atoms with Gasteiger partial charge < -0.3 is 4.74 Å². The van der Waals surface area contributed by atoms with Crippen LogP contribution in [-0.4, -0.2) is 6.61 Å². The zero-order valence-electron chi connectivity index (χ0n) is 14.4. The lowest BCUT2D eigenvalue weighted by Crippen LogP contribution is -1.99. The number of halogens is 3. The summed E-state index contributed by atoms with van der Waals surface area (Å²) >= 11 is 0. The van der Waals surface area contributed by atoms with Gasteiger partial charge in [0.25, 0.3) is 0 Å². The van der Waals surface area contributed by atoms with E-state index >= 15 is 0 Å². The van der Waals surface area contributed by atoms with Gasteiger partial charge in [-0.25, -0.2) is 8.78 Å². The van der Waals surface area contributed by atoms with Crippen molar-refractivity contribution in [2.24, 2.45) is 0 Å². The third-order valence-electron chi connectivity index (χ3n) is 4.25. The summed E-state index contributed by atoms with van der Waals surface area (Å²) in [6, 6.07) is 16.8. The average Bonchev–Trinajstić information content (AvgIpc) is 2.66. The SMILES string of the molecule is CCOc1ccc(-c2ccc(CCc3ccccc3F)cc2)c(F)c1F. The smallest absolute Gasteiger partial charge is 0.201 e. The topological polar surface area (TPSA) is 9.23 Å². The van der Waals surface area contributed by atoms with E-state index in [4.69, 9.17) is 4.74 Å². The summed E-state index contributed by atoms with van der Waals surface area (Å²) in [4.78, 5) is 0. The van der Waals surface area contributed by atoms with Crippen LogP contribution in [0, 0.1) is 17.5 Å². The fourth-order valence-corrected chi connectivity index (χ4v) is 2.85. The Labute approximate surface area is 151 Å². The first-order valence-corrected chi connectivity index (χ1v) is 8.53. The van der Waals surface area contributed by atoms with Crippen molar-refractivity contribution in [3.8, 4) is 16.9 Å². The van der Waals surface area contributed by atoms with E-state index in [1.54, 1.807) is 31.2 Å². The molecule has 134 valence electrons. The lowest BCUT2D eigenvalue weighted by molar-refractivity contribution is 0.314. The largest absolute Gasteiger partial charge is 0.491 e. The number of rotatable bonds is 6. The van der Waals surface area contributed by atoms with Crippen LogP contribution in [0.15, 0.2) is 60.7 Å². The summed E-state index contributed by atoms with van der Waals surface area (Å²) in [5, 5.41) is 0. The van der Waals surface area contributed by atoms with Crippen molar-refractivity contribution in [3.05, 3.63) is 89.2 Å². The van der Waals surface area contributed by atoms with Crippen molar-refractivity contribution in [3.63, 3.8) is 0 Å². The number of benzene rings is 3. The molecule has 0 radical (unpaired) electrons. The molecule has 0 atom stereocenters. The number of hydrogen-bond acceptors (Lipinski definition) is 1. The molecule has 0 heterocycles. The molecule has 0 spiro atoms. The van der Waals surface area contributed by atoms with Crippen LogP contribution in [0.2, 0.25) is 0 Å². The Kier molecular flexibility index (Phi) is 5.61. The fourth-order valence-electron chi connectivity index (χ4n) is 2.85. The summed E-state index contributed by atoms with van der Waals surface area (Å²) in [5.41, 5.74) is 2.44. The van der Waals surface area contributed by atoms with Crippen LogP contribution in [0.1, 0.15) is 18.1 Å². The predicted molar refractivity (Wildman–Crippen MR) is 96.8 cm³/mol. The molecule has 4 heteroatoms. The molecular formula is C22H19F3O. The lowest BCUT2D eigenvalue weighted by Gasteiger charge is -2.10. The molecule has 0 saturated heterocycles. The second-order valence-electron chi connectivity index (χ2n) is 5.96. The zero-order valence-corrected chi connectivity index (χ0v) is 14.4. The maximum absolute atomic E-state index is 14.3. The molecule has 0 bridgehead atoms. The molecule has 0 unspecified atom stereocenters. The highest BCUT2D eigenvalue weighted by Crippen LogP contribution is 2.30. The monoisotopic (exact) mass is 356 g/mol. The molecule has 0 amide bonds. The minimum atomic E-state index is -0.979. The highest BCUT2D eigenvalue weighted by molar-refractivity contribution is 5.65. The second kappa shape index (κ2) is 8.09. The molecule has 0 aliphatic rings. The molecule has 0 aliphatic heterocycles. The van der Waals surface area contributed by atoms with Crippen LogP contribution in [-0.2, 0) is 12.8 Å². The minimum absolute atomic E-state index is 0.0877. The average molecular weight is 356 g/mol. The standard InChI is InChI=1S/C22H19F3O/c1-2-26-20-14-13-18(21(24)22(20)25)16-10-7-15(8-11-16)9-12-17-5-3-4-6-19(17)23/h3-8,10-11,13-14H,2,9,12H2,1H3. The fraction of sp³-hybridized carbons (Fsp3) is 0.182. The minimum Gasteiger partial charge on any atom is -0.491 e. The van der Waals surface area contributed by atoms with Crippen molar-refractivity contribution < 1.29 is 17.9 Å². The van der Waals surface area contributed by atoms with Crippen molar-refractivity contribution in [1.29, 1.82) is 0 Å². The Morgan fingerprint density at radius 3 is 2.19 bits per heavy atom. The Morgan fingerprint density at radius 2 is 1.50 bits per heavy atom. The van der Waals surface area contributed by atoms with Gasteiger partial charge in [0.05, 0.1) is 6.61 Å². The summed E-state index contributed by atoms with van der Waals surface area (Å²) in [6.45, 7) is 1.98. The van der Waals surface area contributed by atoms with E-state index in [2.05, 4.69) is 0 Å². The third-order valence-corrected chi connectivity index (χ3v) is 4.25. The molecule has 0 N–H and O–H groups in total. The Balaban J connectivity index is 1.75. The van der Waals surface area contributed by atoms with Crippen LogP contribution in [0.4, 0.5) is 13.2 Å². The second-order valence-corrected chi connectivity index (χ2v) is 5.96. The van der Waals surface area contributed by atoms with E-state index in [0.717, 1.165) is 5.56 Å². The van der Waals surface area contributed by atoms with E-state index in [1.807, 2.05) is 18.2 Å². The first kappa shape index (κ1) is 18.1. The van der Waals surface area contributed by atoms with Gasteiger partial charge >= 0.3 is 0 Å². The third kappa shape index (κ3) is 3.90. The normalized spacial score (nSPS) is 10.8. The summed E-state index contributed by atoms with van der Waals surface area (Å²) in [5.74, 6) is -2.20.